The molecule has 2 rings (SSSR count). The van der Waals surface area contributed by atoms with Crippen LogP contribution in [0, 0.1) is 0 Å². The minimum atomic E-state index is -0.944. The maximum absolute atomic E-state index is 9.66. The Morgan fingerprint density at radius 2 is 2.06 bits per heavy atom. The first-order valence-corrected chi connectivity index (χ1v) is 5.34. The van der Waals surface area contributed by atoms with Gasteiger partial charge in [0.2, 0.25) is 0 Å². The number of aliphatic hydroxyl groups excluding tert-OH is 2. The molecule has 1 fully saturated rings. The van der Waals surface area contributed by atoms with Gasteiger partial charge in [0, 0.05) is 11.5 Å². The third-order valence-corrected chi connectivity index (χ3v) is 2.73. The summed E-state index contributed by atoms with van der Waals surface area (Å²) in [6.07, 6.45) is -2.41. The predicted molar refractivity (Wildman–Crippen MR) is 55.9 cm³/mol. The summed E-state index contributed by atoms with van der Waals surface area (Å²) in [5.74, 6) is 0.467. The van der Waals surface area contributed by atoms with Crippen molar-refractivity contribution in [2.45, 2.75) is 44.5 Å². The Labute approximate surface area is 94.0 Å². The minimum Gasteiger partial charge on any atom is -0.388 e. The van der Waals surface area contributed by atoms with Crippen LogP contribution >= 0.6 is 0 Å². The van der Waals surface area contributed by atoms with Gasteiger partial charge in [-0.25, -0.2) is 0 Å². The van der Waals surface area contributed by atoms with Crippen LogP contribution in [0.2, 0.25) is 0 Å². The minimum absolute atomic E-state index is 0.107. The molecular formula is C11H17NO4. The van der Waals surface area contributed by atoms with E-state index >= 15 is 0 Å². The maximum Gasteiger partial charge on any atom is 0.168 e. The van der Waals surface area contributed by atoms with E-state index in [9.17, 15) is 10.2 Å². The van der Waals surface area contributed by atoms with E-state index in [4.69, 9.17) is 9.26 Å². The van der Waals surface area contributed by atoms with Gasteiger partial charge in [0.1, 0.15) is 18.3 Å². The number of ether oxygens (including phenoxy) is 1. The largest absolute Gasteiger partial charge is 0.388 e. The molecule has 5 nitrogen and oxygen atoms in total. The molecule has 5 heteroatoms. The number of aliphatic hydroxyl groups is 2. The molecule has 90 valence electrons. The Kier molecular flexibility index (Phi) is 2.77. The number of rotatable bonds is 1. The Bertz CT molecular complexity index is 368. The first-order chi connectivity index (χ1) is 7.39. The third kappa shape index (κ3) is 1.98. The molecule has 1 aliphatic heterocycles. The van der Waals surface area contributed by atoms with Crippen molar-refractivity contribution in [2.75, 3.05) is 6.61 Å². The van der Waals surface area contributed by atoms with Crippen molar-refractivity contribution in [3.63, 3.8) is 0 Å². The van der Waals surface area contributed by atoms with Crippen LogP contribution in [0.25, 0.3) is 0 Å². The highest BCUT2D eigenvalue weighted by Crippen LogP contribution is 2.32. The summed E-state index contributed by atoms with van der Waals surface area (Å²) in [5, 5.41) is 23.0. The SMILES string of the molecule is CC(C)(C)c1cc(C2OCC(O)C2O)on1. The van der Waals surface area contributed by atoms with Crippen molar-refractivity contribution >= 4 is 0 Å². The van der Waals surface area contributed by atoms with Crippen molar-refractivity contribution in [3.05, 3.63) is 17.5 Å². The van der Waals surface area contributed by atoms with Crippen LogP contribution in [-0.4, -0.2) is 34.2 Å². The van der Waals surface area contributed by atoms with E-state index in [0.717, 1.165) is 5.69 Å². The van der Waals surface area contributed by atoms with Gasteiger partial charge in [-0.15, -0.1) is 0 Å². The van der Waals surface area contributed by atoms with Gasteiger partial charge in [-0.2, -0.15) is 0 Å². The van der Waals surface area contributed by atoms with Crippen LogP contribution < -0.4 is 0 Å². The van der Waals surface area contributed by atoms with E-state index in [2.05, 4.69) is 5.16 Å². The summed E-state index contributed by atoms with van der Waals surface area (Å²) in [5.41, 5.74) is 0.698. The molecule has 3 unspecified atom stereocenters. The molecule has 0 spiro atoms. The zero-order chi connectivity index (χ0) is 11.9. The Hall–Kier alpha value is -0.910. The number of aromatic nitrogens is 1. The predicted octanol–water partition coefficient (Wildman–Crippen LogP) is 0.765. The molecule has 3 atom stereocenters. The van der Waals surface area contributed by atoms with Gasteiger partial charge < -0.3 is 19.5 Å². The molecule has 0 saturated carbocycles. The summed E-state index contributed by atoms with van der Waals surface area (Å²) < 4.78 is 10.4. The fraction of sp³-hybridized carbons (Fsp3) is 0.727. The average Bonchev–Trinajstić information content (AvgIpc) is 2.74. The van der Waals surface area contributed by atoms with Crippen LogP contribution in [0.4, 0.5) is 0 Å². The highest BCUT2D eigenvalue weighted by molar-refractivity contribution is 5.17. The zero-order valence-electron chi connectivity index (χ0n) is 9.67. The lowest BCUT2D eigenvalue weighted by Crippen LogP contribution is -2.24. The normalized spacial score (nSPS) is 30.9. The van der Waals surface area contributed by atoms with E-state index in [1.165, 1.54) is 0 Å². The van der Waals surface area contributed by atoms with Crippen LogP contribution in [0.5, 0.6) is 0 Å². The molecule has 2 N–H and O–H groups in total. The van der Waals surface area contributed by atoms with E-state index in [0.29, 0.717) is 5.76 Å². The van der Waals surface area contributed by atoms with Crippen molar-refractivity contribution in [1.82, 2.24) is 5.16 Å². The lowest BCUT2D eigenvalue weighted by atomic mass is 9.92. The molecule has 2 heterocycles. The topological polar surface area (TPSA) is 75.7 Å². The third-order valence-electron chi connectivity index (χ3n) is 2.73. The van der Waals surface area contributed by atoms with Gasteiger partial charge in [0.05, 0.1) is 12.3 Å². The number of hydrogen-bond donors (Lipinski definition) is 2. The monoisotopic (exact) mass is 227 g/mol. The van der Waals surface area contributed by atoms with Gasteiger partial charge in [0.15, 0.2) is 5.76 Å². The smallest absolute Gasteiger partial charge is 0.168 e. The van der Waals surface area contributed by atoms with Gasteiger partial charge in [-0.05, 0) is 0 Å². The molecule has 1 saturated heterocycles. The Balaban J connectivity index is 2.20. The molecule has 0 radical (unpaired) electrons. The van der Waals surface area contributed by atoms with Crippen LogP contribution in [-0.2, 0) is 10.2 Å². The van der Waals surface area contributed by atoms with Crippen molar-refractivity contribution in [2.24, 2.45) is 0 Å². The van der Waals surface area contributed by atoms with Crippen molar-refractivity contribution < 1.29 is 19.5 Å². The first-order valence-electron chi connectivity index (χ1n) is 5.34. The molecule has 1 aromatic rings. The number of hydrogen-bond acceptors (Lipinski definition) is 5. The van der Waals surface area contributed by atoms with Crippen LogP contribution in [0.1, 0.15) is 38.3 Å². The van der Waals surface area contributed by atoms with Crippen LogP contribution in [0.3, 0.4) is 0 Å². The van der Waals surface area contributed by atoms with Gasteiger partial charge in [-0.1, -0.05) is 25.9 Å². The second-order valence-corrected chi connectivity index (χ2v) is 5.18. The average molecular weight is 227 g/mol. The van der Waals surface area contributed by atoms with E-state index < -0.39 is 18.3 Å². The fourth-order valence-electron chi connectivity index (χ4n) is 1.63. The molecule has 0 bridgehead atoms. The van der Waals surface area contributed by atoms with Crippen molar-refractivity contribution in [3.8, 4) is 0 Å². The second kappa shape index (κ2) is 3.84. The lowest BCUT2D eigenvalue weighted by Gasteiger charge is -2.13. The summed E-state index contributed by atoms with van der Waals surface area (Å²) in [6, 6.07) is 1.77. The Morgan fingerprint density at radius 3 is 2.50 bits per heavy atom. The molecular weight excluding hydrogens is 210 g/mol. The van der Waals surface area contributed by atoms with E-state index in [1.54, 1.807) is 6.07 Å². The standard InChI is InChI=1S/C11H17NO4/c1-11(2,3)8-4-7(16-12-8)10-9(14)6(13)5-15-10/h4,6,9-10,13-14H,5H2,1-3H3. The highest BCUT2D eigenvalue weighted by Gasteiger charge is 2.38. The molecule has 0 aliphatic carbocycles. The summed E-state index contributed by atoms with van der Waals surface area (Å²) in [4.78, 5) is 0. The lowest BCUT2D eigenvalue weighted by molar-refractivity contribution is 0.00915. The highest BCUT2D eigenvalue weighted by atomic mass is 16.6. The summed E-state index contributed by atoms with van der Waals surface area (Å²) in [7, 11) is 0. The second-order valence-electron chi connectivity index (χ2n) is 5.18. The summed E-state index contributed by atoms with van der Waals surface area (Å²) in [6.45, 7) is 6.19. The maximum atomic E-state index is 9.66. The van der Waals surface area contributed by atoms with Crippen LogP contribution in [0.15, 0.2) is 10.6 Å². The molecule has 0 amide bonds. The Morgan fingerprint density at radius 1 is 1.38 bits per heavy atom. The summed E-state index contributed by atoms with van der Waals surface area (Å²) >= 11 is 0. The van der Waals surface area contributed by atoms with Gasteiger partial charge in [0.25, 0.3) is 0 Å². The first kappa shape index (κ1) is 11.6. The molecule has 16 heavy (non-hydrogen) atoms. The quantitative estimate of drug-likeness (QED) is 0.741. The molecule has 1 aliphatic rings. The number of nitrogens with zero attached hydrogens (tertiary/aromatic N) is 1. The molecule has 0 aromatic carbocycles. The van der Waals surface area contributed by atoms with Gasteiger partial charge in [-0.3, -0.25) is 0 Å². The van der Waals surface area contributed by atoms with Crippen molar-refractivity contribution in [1.29, 1.82) is 0 Å². The molecule has 1 aromatic heterocycles. The van der Waals surface area contributed by atoms with Gasteiger partial charge >= 0.3 is 0 Å². The zero-order valence-corrected chi connectivity index (χ0v) is 9.67. The fourth-order valence-corrected chi connectivity index (χ4v) is 1.63. The van der Waals surface area contributed by atoms with E-state index in [1.807, 2.05) is 20.8 Å². The van der Waals surface area contributed by atoms with E-state index in [-0.39, 0.29) is 12.0 Å².